The number of carbonyl (C=O) groups excluding carboxylic acids is 1. The van der Waals surface area contributed by atoms with E-state index in [-0.39, 0.29) is 29.8 Å². The molecular weight excluding hydrogens is 414 g/mol. The van der Waals surface area contributed by atoms with E-state index in [2.05, 4.69) is 10.3 Å². The highest BCUT2D eigenvalue weighted by atomic mass is 19.1. The Labute approximate surface area is 185 Å². The number of aryl methyl sites for hydroxylation is 1. The zero-order chi connectivity index (χ0) is 22.7. The molecule has 7 heteroatoms. The van der Waals surface area contributed by atoms with Crippen molar-refractivity contribution in [3.8, 4) is 17.0 Å². The van der Waals surface area contributed by atoms with Gasteiger partial charge in [0.15, 0.2) is 0 Å². The minimum Gasteiger partial charge on any atom is -0.492 e. The Balaban J connectivity index is 1.61. The molecule has 1 fully saturated rings. The number of rotatable bonds is 8. The summed E-state index contributed by atoms with van der Waals surface area (Å²) in [5, 5.41) is 12.3. The molecular formula is C25H24F2N2O3. The van der Waals surface area contributed by atoms with E-state index < -0.39 is 17.5 Å². The first kappa shape index (κ1) is 21.9. The summed E-state index contributed by atoms with van der Waals surface area (Å²) in [6.07, 6.45) is 3.82. The molecule has 0 aliphatic heterocycles. The van der Waals surface area contributed by atoms with E-state index in [1.807, 2.05) is 0 Å². The fourth-order valence-electron chi connectivity index (χ4n) is 3.39. The van der Waals surface area contributed by atoms with Crippen molar-refractivity contribution < 1.29 is 23.4 Å². The standard InChI is InChI=1S/C25H24F2N2O3/c1-15-9-22(27)19(11-21(15)26)12-29-25(31)20-10-17(24-18(13-30)3-2-8-28-24)6-7-23(20)32-14-16-4-5-16/h2-3,6-11,16,30H,4-5,12-14H2,1H3,(H,29,31). The fraction of sp³-hybridized carbons (Fsp3) is 0.280. The number of hydrogen-bond acceptors (Lipinski definition) is 4. The summed E-state index contributed by atoms with van der Waals surface area (Å²) in [7, 11) is 0. The fourth-order valence-corrected chi connectivity index (χ4v) is 3.39. The quantitative estimate of drug-likeness (QED) is 0.542. The van der Waals surface area contributed by atoms with Crippen molar-refractivity contribution in [3.05, 3.63) is 82.5 Å². The molecule has 5 nitrogen and oxygen atoms in total. The minimum absolute atomic E-state index is 0.0605. The van der Waals surface area contributed by atoms with Crippen LogP contribution in [0.15, 0.2) is 48.7 Å². The van der Waals surface area contributed by atoms with Gasteiger partial charge in [0.2, 0.25) is 0 Å². The highest BCUT2D eigenvalue weighted by Crippen LogP contribution is 2.32. The summed E-state index contributed by atoms with van der Waals surface area (Å²) in [4.78, 5) is 17.4. The van der Waals surface area contributed by atoms with Crippen molar-refractivity contribution in [1.29, 1.82) is 0 Å². The number of aliphatic hydroxyl groups excluding tert-OH is 1. The lowest BCUT2D eigenvalue weighted by molar-refractivity contribution is 0.0946. The summed E-state index contributed by atoms with van der Waals surface area (Å²) in [5.41, 5.74) is 2.37. The van der Waals surface area contributed by atoms with Gasteiger partial charge >= 0.3 is 0 Å². The van der Waals surface area contributed by atoms with Crippen LogP contribution in [0.5, 0.6) is 5.75 Å². The Morgan fingerprint density at radius 2 is 1.97 bits per heavy atom. The molecule has 0 bridgehead atoms. The van der Waals surface area contributed by atoms with Crippen LogP contribution in [0.2, 0.25) is 0 Å². The molecule has 3 aromatic rings. The van der Waals surface area contributed by atoms with Gasteiger partial charge in [-0.2, -0.15) is 0 Å². The molecule has 1 aromatic heterocycles. The van der Waals surface area contributed by atoms with Gasteiger partial charge in [0.1, 0.15) is 17.4 Å². The first-order valence-corrected chi connectivity index (χ1v) is 10.5. The van der Waals surface area contributed by atoms with Crippen LogP contribution in [-0.4, -0.2) is 22.6 Å². The Kier molecular flexibility index (Phi) is 6.46. The molecule has 1 aliphatic rings. The highest BCUT2D eigenvalue weighted by molar-refractivity contribution is 5.98. The summed E-state index contributed by atoms with van der Waals surface area (Å²) in [5.74, 6) is -0.677. The molecule has 32 heavy (non-hydrogen) atoms. The molecule has 2 aromatic carbocycles. The third-order valence-corrected chi connectivity index (χ3v) is 5.50. The number of nitrogens with one attached hydrogen (secondary N) is 1. The number of ether oxygens (including phenoxy) is 1. The molecule has 1 saturated carbocycles. The second kappa shape index (κ2) is 9.44. The summed E-state index contributed by atoms with van der Waals surface area (Å²) >= 11 is 0. The van der Waals surface area contributed by atoms with E-state index in [1.54, 1.807) is 36.5 Å². The minimum atomic E-state index is -0.579. The van der Waals surface area contributed by atoms with Crippen LogP contribution < -0.4 is 10.1 Å². The number of benzene rings is 2. The maximum absolute atomic E-state index is 14.2. The number of aromatic nitrogens is 1. The Morgan fingerprint density at radius 1 is 1.16 bits per heavy atom. The van der Waals surface area contributed by atoms with E-state index in [0.29, 0.717) is 35.1 Å². The Hall–Kier alpha value is -3.32. The van der Waals surface area contributed by atoms with E-state index in [0.717, 1.165) is 25.0 Å². The molecule has 0 unspecified atom stereocenters. The van der Waals surface area contributed by atoms with Gasteiger partial charge < -0.3 is 15.2 Å². The average Bonchev–Trinajstić information content (AvgIpc) is 3.63. The molecule has 1 amide bonds. The third-order valence-electron chi connectivity index (χ3n) is 5.50. The number of amides is 1. The molecule has 1 aliphatic carbocycles. The lowest BCUT2D eigenvalue weighted by Gasteiger charge is -2.14. The smallest absolute Gasteiger partial charge is 0.255 e. The molecule has 0 atom stereocenters. The van der Waals surface area contributed by atoms with Crippen molar-refractivity contribution in [3.63, 3.8) is 0 Å². The number of carbonyl (C=O) groups is 1. The van der Waals surface area contributed by atoms with Gasteiger partial charge in [0.05, 0.1) is 24.5 Å². The second-order valence-corrected chi connectivity index (χ2v) is 8.01. The van der Waals surface area contributed by atoms with Gasteiger partial charge in [-0.15, -0.1) is 0 Å². The SMILES string of the molecule is Cc1cc(F)c(CNC(=O)c2cc(-c3ncccc3CO)ccc2OCC2CC2)cc1F. The Bertz CT molecular complexity index is 1150. The van der Waals surface area contributed by atoms with E-state index >= 15 is 0 Å². The summed E-state index contributed by atoms with van der Waals surface area (Å²) in [6, 6.07) is 10.8. The van der Waals surface area contributed by atoms with Crippen molar-refractivity contribution in [2.45, 2.75) is 32.9 Å². The molecule has 1 heterocycles. The molecule has 4 rings (SSSR count). The number of halogens is 2. The van der Waals surface area contributed by atoms with Gasteiger partial charge in [-0.1, -0.05) is 6.07 Å². The van der Waals surface area contributed by atoms with Gasteiger partial charge in [-0.3, -0.25) is 9.78 Å². The lowest BCUT2D eigenvalue weighted by Crippen LogP contribution is -2.24. The predicted molar refractivity (Wildman–Crippen MR) is 116 cm³/mol. The van der Waals surface area contributed by atoms with Crippen molar-refractivity contribution >= 4 is 5.91 Å². The van der Waals surface area contributed by atoms with Crippen molar-refractivity contribution in [1.82, 2.24) is 10.3 Å². The van der Waals surface area contributed by atoms with Crippen LogP contribution in [0.25, 0.3) is 11.3 Å². The molecule has 0 saturated heterocycles. The van der Waals surface area contributed by atoms with Crippen LogP contribution in [0.1, 0.15) is 39.9 Å². The van der Waals surface area contributed by atoms with Crippen molar-refractivity contribution in [2.75, 3.05) is 6.61 Å². The monoisotopic (exact) mass is 438 g/mol. The largest absolute Gasteiger partial charge is 0.492 e. The number of pyridine rings is 1. The zero-order valence-corrected chi connectivity index (χ0v) is 17.7. The zero-order valence-electron chi connectivity index (χ0n) is 17.7. The molecule has 0 radical (unpaired) electrons. The van der Waals surface area contributed by atoms with E-state index in [4.69, 9.17) is 4.74 Å². The van der Waals surface area contributed by atoms with Gasteiger partial charge in [-0.05, 0) is 67.6 Å². The number of aliphatic hydroxyl groups is 1. The van der Waals surface area contributed by atoms with Crippen LogP contribution in [0.4, 0.5) is 8.78 Å². The van der Waals surface area contributed by atoms with Crippen LogP contribution in [0.3, 0.4) is 0 Å². The van der Waals surface area contributed by atoms with Crippen LogP contribution >= 0.6 is 0 Å². The number of nitrogens with zero attached hydrogens (tertiary/aromatic N) is 1. The number of hydrogen-bond donors (Lipinski definition) is 2. The normalized spacial score (nSPS) is 13.1. The topological polar surface area (TPSA) is 71.5 Å². The predicted octanol–water partition coefficient (Wildman–Crippen LogP) is 4.55. The van der Waals surface area contributed by atoms with Crippen LogP contribution in [-0.2, 0) is 13.2 Å². The summed E-state index contributed by atoms with van der Waals surface area (Å²) < 4.78 is 33.9. The van der Waals surface area contributed by atoms with E-state index in [9.17, 15) is 18.7 Å². The van der Waals surface area contributed by atoms with Gasteiger partial charge in [0, 0.05) is 29.4 Å². The molecule has 166 valence electrons. The average molecular weight is 438 g/mol. The maximum Gasteiger partial charge on any atom is 0.255 e. The van der Waals surface area contributed by atoms with Crippen LogP contribution in [0, 0.1) is 24.5 Å². The van der Waals surface area contributed by atoms with E-state index in [1.165, 1.54) is 6.92 Å². The summed E-state index contributed by atoms with van der Waals surface area (Å²) in [6.45, 7) is 1.64. The first-order chi connectivity index (χ1) is 15.5. The molecule has 0 spiro atoms. The lowest BCUT2D eigenvalue weighted by atomic mass is 10.0. The van der Waals surface area contributed by atoms with Gasteiger partial charge in [0.25, 0.3) is 5.91 Å². The Morgan fingerprint density at radius 3 is 2.72 bits per heavy atom. The maximum atomic E-state index is 14.2. The second-order valence-electron chi connectivity index (χ2n) is 8.01. The van der Waals surface area contributed by atoms with Gasteiger partial charge in [-0.25, -0.2) is 8.78 Å². The highest BCUT2D eigenvalue weighted by Gasteiger charge is 2.24. The van der Waals surface area contributed by atoms with Crippen molar-refractivity contribution in [2.24, 2.45) is 5.92 Å². The third kappa shape index (κ3) is 4.94. The molecule has 2 N–H and O–H groups in total. The first-order valence-electron chi connectivity index (χ1n) is 10.5.